The molecule has 0 bridgehead atoms. The van der Waals surface area contributed by atoms with E-state index in [1.54, 1.807) is 54.6 Å². The average Bonchev–Trinajstić information content (AvgIpc) is 1.62. The van der Waals surface area contributed by atoms with Gasteiger partial charge in [-0.2, -0.15) is 4.58 Å². The molecule has 1 fully saturated rings. The maximum Gasteiger partial charge on any atom is 0.333 e. The Morgan fingerprint density at radius 3 is 1.80 bits per heavy atom. The van der Waals surface area contributed by atoms with E-state index in [-0.39, 0.29) is 122 Å². The highest BCUT2D eigenvalue weighted by atomic mass is 35.5. The number of likely N-dealkylation sites (N-methyl/N-ethyl adjacent to an activating group) is 1. The third kappa shape index (κ3) is 14.4. The molecule has 2 unspecified atom stereocenters. The molecule has 0 saturated carbocycles. The molecule has 1 saturated heterocycles. The Kier molecular flexibility index (Phi) is 20.0. The van der Waals surface area contributed by atoms with Crippen LogP contribution >= 0.6 is 11.6 Å². The van der Waals surface area contributed by atoms with Crippen LogP contribution in [0.5, 0.6) is 0 Å². The summed E-state index contributed by atoms with van der Waals surface area (Å²) in [5.41, 5.74) is 0.643. The molecular formula is C56H60ClN3O22S5-4. The second kappa shape index (κ2) is 25.9. The maximum absolute atomic E-state index is 13.2. The van der Waals surface area contributed by atoms with Crippen molar-refractivity contribution < 1.29 is 103 Å². The molecule has 87 heavy (non-hydrogen) atoms. The lowest BCUT2D eigenvalue weighted by Crippen LogP contribution is -2.34. The Labute approximate surface area is 508 Å². The number of anilines is 1. The molecular weight excluding hydrogens is 1260 g/mol. The van der Waals surface area contributed by atoms with E-state index in [0.717, 1.165) is 12.1 Å². The number of hydrogen-bond acceptors (Lipinski definition) is 23. The van der Waals surface area contributed by atoms with Gasteiger partial charge in [-0.05, 0) is 135 Å². The molecule has 25 nitrogen and oxygen atoms in total. The number of benzene rings is 4. The third-order valence-corrected chi connectivity index (χ3v) is 20.5. The number of hydrogen-bond donors (Lipinski definition) is 0. The van der Waals surface area contributed by atoms with Gasteiger partial charge in [-0.15, -0.1) is 5.06 Å². The molecule has 2 atom stereocenters. The van der Waals surface area contributed by atoms with E-state index in [2.05, 4.69) is 0 Å². The highest BCUT2D eigenvalue weighted by Gasteiger charge is 2.50. The third-order valence-electron chi connectivity index (χ3n) is 15.9. The first-order valence-electron chi connectivity index (χ1n) is 27.3. The summed E-state index contributed by atoms with van der Waals surface area (Å²) in [5.74, 6) is -3.12. The van der Waals surface area contributed by atoms with E-state index < -0.39 is 105 Å². The predicted octanol–water partition coefficient (Wildman–Crippen LogP) is 5.59. The number of carbonyl (C=O) groups excluding carboxylic acids is 3. The van der Waals surface area contributed by atoms with E-state index in [9.17, 15) is 79.2 Å². The summed E-state index contributed by atoms with van der Waals surface area (Å²) in [5, 5.41) is 0.105. The van der Waals surface area contributed by atoms with E-state index in [0.29, 0.717) is 77.0 Å². The largest absolute Gasteiger partial charge is 0.748 e. The summed E-state index contributed by atoms with van der Waals surface area (Å²) < 4.78 is 207. The van der Waals surface area contributed by atoms with Crippen LogP contribution in [0.15, 0.2) is 114 Å². The zero-order valence-electron chi connectivity index (χ0n) is 47.4. The lowest BCUT2D eigenvalue weighted by Gasteiger charge is -2.31. The lowest BCUT2D eigenvalue weighted by molar-refractivity contribution is -0.438. The van der Waals surface area contributed by atoms with Gasteiger partial charge in [-0.1, -0.05) is 29.8 Å². The van der Waals surface area contributed by atoms with E-state index in [1.807, 2.05) is 0 Å². The number of imide groups is 1. The maximum atomic E-state index is 13.2. The average molecular weight is 1320 g/mol. The van der Waals surface area contributed by atoms with Gasteiger partial charge in [-0.25, -0.2) is 46.9 Å². The number of methoxy groups -OCH3 is 1. The molecule has 4 aromatic carbocycles. The van der Waals surface area contributed by atoms with Gasteiger partial charge in [0, 0.05) is 90.2 Å². The fraction of sp³-hybridized carbons (Fsp3) is 0.429. The minimum Gasteiger partial charge on any atom is -0.748 e. The molecule has 472 valence electrons. The first-order chi connectivity index (χ1) is 40.6. The smallest absolute Gasteiger partial charge is 0.333 e. The number of ether oxygens (including phenoxy) is 3. The van der Waals surface area contributed by atoms with Crippen molar-refractivity contribution in [3.63, 3.8) is 0 Å². The van der Waals surface area contributed by atoms with Crippen molar-refractivity contribution in [3.05, 3.63) is 106 Å². The molecule has 1 aliphatic carbocycles. The van der Waals surface area contributed by atoms with Crippen molar-refractivity contribution in [1.29, 1.82) is 0 Å². The van der Waals surface area contributed by atoms with Crippen LogP contribution in [0.1, 0.15) is 96.1 Å². The van der Waals surface area contributed by atoms with Gasteiger partial charge < -0.3 is 46.7 Å². The molecule has 31 heteroatoms. The van der Waals surface area contributed by atoms with Gasteiger partial charge in [-0.3, -0.25) is 9.59 Å². The summed E-state index contributed by atoms with van der Waals surface area (Å²) in [6.45, 7) is 6.24. The van der Waals surface area contributed by atoms with E-state index in [1.165, 1.54) is 31.4 Å². The first kappa shape index (κ1) is 67.1. The van der Waals surface area contributed by atoms with Crippen molar-refractivity contribution in [1.82, 2.24) is 5.06 Å². The topological polar surface area (TPSA) is 384 Å². The summed E-state index contributed by atoms with van der Waals surface area (Å²) in [4.78, 5) is 40.8. The highest BCUT2D eigenvalue weighted by Crippen LogP contribution is 2.55. The van der Waals surface area contributed by atoms with Crippen LogP contribution in [-0.2, 0) is 94.9 Å². The second-order valence-corrected chi connectivity index (χ2v) is 28.8. The number of halogens is 1. The zero-order chi connectivity index (χ0) is 63.8. The summed E-state index contributed by atoms with van der Waals surface area (Å²) in [7, 11) is -24.9. The Balaban J connectivity index is 1.27. The van der Waals surface area contributed by atoms with Crippen LogP contribution in [0, 0.1) is 0 Å². The van der Waals surface area contributed by atoms with Crippen molar-refractivity contribution in [3.8, 4) is 0 Å². The number of nitrogens with zero attached hydrogens (tertiary/aromatic N) is 3. The van der Waals surface area contributed by atoms with Crippen molar-refractivity contribution in [2.75, 3.05) is 63.9 Å². The second-order valence-electron chi connectivity index (χ2n) is 21.5. The fourth-order valence-electron chi connectivity index (χ4n) is 11.9. The summed E-state index contributed by atoms with van der Waals surface area (Å²) in [6, 6.07) is 8.58. The number of fused-ring (bicyclic) bond motifs is 6. The van der Waals surface area contributed by atoms with Crippen molar-refractivity contribution in [2.45, 2.75) is 115 Å². The van der Waals surface area contributed by atoms with Crippen LogP contribution in [0.3, 0.4) is 0 Å². The van der Waals surface area contributed by atoms with Gasteiger partial charge in [0.25, 0.3) is 11.8 Å². The number of rotatable bonds is 26. The number of allylic oxidation sites excluding steroid dienone is 8. The molecule has 0 spiro atoms. The summed E-state index contributed by atoms with van der Waals surface area (Å²) in [6.07, 6.45) is 7.27. The van der Waals surface area contributed by atoms with Gasteiger partial charge >= 0.3 is 5.97 Å². The van der Waals surface area contributed by atoms with Gasteiger partial charge in [0.05, 0.1) is 68.0 Å². The van der Waals surface area contributed by atoms with E-state index in [4.69, 9.17) is 30.6 Å². The standard InChI is InChI=1S/C56H64ClN3O22S5/c1-5-58-43-16-14-39-41(31-37(84(67,68)69)33-45(39)86(73,74)75)52(43)55(2,22-8-30-83(64,65)66)47(58)18-12-35-9-6-10-36(54(35)57)13-19-48-56(3,23-25-80-28-29-81-27-26-79-4)53-42-32-38(85(70,71)72)34-46(87(76,77)78)40(42)15-17-44(53)59(48)24-7-11-51(63)82-60-49(61)20-21-50(60)62/h12-19,31-34H,5-11,20-30H2,1-4H3,(H4-,64,65,66,67,68,69,70,71,72,73,74,75,76,77,78)/p-4. The predicted molar refractivity (Wildman–Crippen MR) is 308 cm³/mol. The minimum atomic E-state index is -5.44. The number of amides is 2. The quantitative estimate of drug-likeness (QED) is 0.0320. The van der Waals surface area contributed by atoms with Crippen LogP contribution < -0.4 is 4.90 Å². The van der Waals surface area contributed by atoms with Gasteiger partial charge in [0.2, 0.25) is 5.69 Å². The van der Waals surface area contributed by atoms with Gasteiger partial charge in [0.15, 0.2) is 5.71 Å². The number of hydroxylamine groups is 2. The molecule has 2 amide bonds. The SMILES string of the molecule is CCN1/C(=C/C=C2\CCCC(/C=C/C3=[N+](CCCC(=O)ON4C(=O)CCC4=O)c4ccc5c(S(=O)(=O)[O-])cc(S(=O)(=O)[O-])cc5c4C3(C)CCOCCOCCOC)=C2Cl)C(C)(CCCS(=O)(=O)[O-])c2c1ccc1c(S(=O)(=O)[O-])cc(S(=O)(=O)[O-])cc21. The fourth-order valence-corrected chi connectivity index (χ4v) is 15.3. The Bertz CT molecular complexity index is 4240. The van der Waals surface area contributed by atoms with Gasteiger partial charge in [0.1, 0.15) is 47.0 Å². The first-order valence-corrected chi connectivity index (χ1v) is 34.8. The zero-order valence-corrected chi connectivity index (χ0v) is 52.2. The van der Waals surface area contributed by atoms with Crippen LogP contribution in [0.25, 0.3) is 21.5 Å². The molecule has 8 rings (SSSR count). The van der Waals surface area contributed by atoms with Crippen LogP contribution in [-0.4, -0.2) is 157 Å². The Hall–Kier alpha value is -5.84. The molecule has 4 aromatic rings. The minimum absolute atomic E-state index is 0.00664. The molecule has 0 N–H and O–H groups in total. The Morgan fingerprint density at radius 1 is 0.667 bits per heavy atom. The van der Waals surface area contributed by atoms with Crippen LogP contribution in [0.2, 0.25) is 0 Å². The lowest BCUT2D eigenvalue weighted by atomic mass is 9.74. The molecule has 4 aliphatic rings. The highest BCUT2D eigenvalue weighted by molar-refractivity contribution is 7.87. The molecule has 3 aliphatic heterocycles. The Morgan fingerprint density at radius 2 is 1.24 bits per heavy atom. The molecule has 0 radical (unpaired) electrons. The molecule has 3 heterocycles. The molecule has 0 aromatic heterocycles. The summed E-state index contributed by atoms with van der Waals surface area (Å²) >= 11 is 7.35. The van der Waals surface area contributed by atoms with E-state index >= 15 is 0 Å². The van der Waals surface area contributed by atoms with Crippen molar-refractivity contribution in [2.24, 2.45) is 0 Å². The van der Waals surface area contributed by atoms with Crippen LogP contribution in [0.4, 0.5) is 11.4 Å². The normalized spacial score (nSPS) is 20.6. The monoisotopic (exact) mass is 1320 g/mol. The number of carbonyl (C=O) groups is 3. The van der Waals surface area contributed by atoms with Crippen molar-refractivity contribution >= 4 is 119 Å².